The van der Waals surface area contributed by atoms with Crippen LogP contribution in [0.15, 0.2) is 53.4 Å². The number of sulfonamides is 1. The summed E-state index contributed by atoms with van der Waals surface area (Å²) in [6.07, 6.45) is -0.246. The highest BCUT2D eigenvalue weighted by molar-refractivity contribution is 7.89. The normalized spacial score (nSPS) is 23.4. The molecule has 5 heterocycles. The Kier molecular flexibility index (Phi) is 13.4. The van der Waals surface area contributed by atoms with Gasteiger partial charge in [-0.05, 0) is 55.4 Å². The number of nitrogens with zero attached hydrogens (tertiary/aromatic N) is 4. The van der Waals surface area contributed by atoms with Crippen LogP contribution in [0.25, 0.3) is 10.2 Å². The Balaban J connectivity index is 1.000. The second kappa shape index (κ2) is 18.4. The van der Waals surface area contributed by atoms with Gasteiger partial charge in [0.15, 0.2) is 11.4 Å². The fourth-order valence-corrected chi connectivity index (χ4v) is 10.5. The lowest BCUT2D eigenvalue weighted by atomic mass is 10.0. The molecule has 4 saturated heterocycles. The van der Waals surface area contributed by atoms with E-state index in [4.69, 9.17) is 23.9 Å². The van der Waals surface area contributed by atoms with E-state index in [-0.39, 0.29) is 61.1 Å². The first kappa shape index (κ1) is 40.8. The zero-order valence-corrected chi connectivity index (χ0v) is 33.7. The van der Waals surface area contributed by atoms with Crippen molar-refractivity contribution in [2.45, 2.75) is 75.0 Å². The number of thiazole rings is 1. The van der Waals surface area contributed by atoms with Crippen molar-refractivity contribution >= 4 is 48.7 Å². The van der Waals surface area contributed by atoms with E-state index in [0.29, 0.717) is 54.8 Å². The van der Waals surface area contributed by atoms with Gasteiger partial charge in [-0.2, -0.15) is 4.31 Å². The van der Waals surface area contributed by atoms with Gasteiger partial charge >= 0.3 is 6.09 Å². The van der Waals surface area contributed by atoms with Crippen molar-refractivity contribution in [3.63, 3.8) is 0 Å². The molecule has 2 aromatic carbocycles. The van der Waals surface area contributed by atoms with E-state index in [1.165, 1.54) is 15.6 Å². The Bertz CT molecular complexity index is 1890. The third-order valence-electron chi connectivity index (χ3n) is 10.9. The van der Waals surface area contributed by atoms with Crippen LogP contribution >= 0.6 is 11.3 Å². The second-order valence-corrected chi connectivity index (χ2v) is 18.5. The Labute approximate surface area is 332 Å². The second-order valence-electron chi connectivity index (χ2n) is 15.5. The van der Waals surface area contributed by atoms with Crippen molar-refractivity contribution < 1.29 is 42.1 Å². The molecule has 4 aliphatic heterocycles. The van der Waals surface area contributed by atoms with Gasteiger partial charge in [-0.3, -0.25) is 9.69 Å². The molecule has 7 rings (SSSR count). The molecule has 56 heavy (non-hydrogen) atoms. The Hall–Kier alpha value is -3.42. The van der Waals surface area contributed by atoms with Crippen LogP contribution in [0.3, 0.4) is 0 Å². The lowest BCUT2D eigenvalue weighted by molar-refractivity contribution is -0.134. The SMILES string of the molecule is CC(C)CN(C[C@@H](O)[C@H](Cc1ccccc1)NC(=O)O[C@H]1CO[C@H]2OCC[C@H]21)S(=O)(=O)c1ccc2nc(NC3CCN(C(=O)CN4CCOCC4)CC3)sc2c1. The summed E-state index contributed by atoms with van der Waals surface area (Å²) in [7, 11) is -4.08. The number of anilines is 1. The van der Waals surface area contributed by atoms with Crippen molar-refractivity contribution in [1.29, 1.82) is 0 Å². The summed E-state index contributed by atoms with van der Waals surface area (Å²) in [6.45, 7) is 9.17. The summed E-state index contributed by atoms with van der Waals surface area (Å²) < 4.78 is 53.0. The highest BCUT2D eigenvalue weighted by Crippen LogP contribution is 2.34. The van der Waals surface area contributed by atoms with Crippen LogP contribution in [0, 0.1) is 11.8 Å². The van der Waals surface area contributed by atoms with Crippen LogP contribution in [0.4, 0.5) is 9.93 Å². The molecule has 1 aromatic heterocycles. The zero-order valence-electron chi connectivity index (χ0n) is 32.1. The van der Waals surface area contributed by atoms with E-state index >= 15 is 0 Å². The van der Waals surface area contributed by atoms with Gasteiger partial charge in [0.1, 0.15) is 6.10 Å². The lowest BCUT2D eigenvalue weighted by Gasteiger charge is -2.34. The van der Waals surface area contributed by atoms with Gasteiger partial charge in [-0.25, -0.2) is 18.2 Å². The minimum atomic E-state index is -4.08. The van der Waals surface area contributed by atoms with Crippen LogP contribution in [0.1, 0.15) is 38.7 Å². The monoisotopic (exact) mass is 814 g/mol. The molecule has 4 aliphatic rings. The van der Waals surface area contributed by atoms with Gasteiger partial charge in [-0.1, -0.05) is 55.5 Å². The zero-order chi connectivity index (χ0) is 39.2. The summed E-state index contributed by atoms with van der Waals surface area (Å²) in [4.78, 5) is 35.0. The molecule has 3 aromatic rings. The van der Waals surface area contributed by atoms with Crippen LogP contribution in [-0.4, -0.2) is 147 Å². The molecule has 3 N–H and O–H groups in total. The van der Waals surface area contributed by atoms with Gasteiger partial charge in [0, 0.05) is 45.3 Å². The number of aliphatic hydroxyl groups is 1. The summed E-state index contributed by atoms with van der Waals surface area (Å²) in [6, 6.07) is 13.6. The molecule has 2 amide bonds. The third kappa shape index (κ3) is 10.2. The summed E-state index contributed by atoms with van der Waals surface area (Å²) in [5.41, 5.74) is 1.55. The number of aliphatic hydroxyl groups excluding tert-OH is 1. The standard InChI is InChI=1S/C39H54N6O9S2/c1-26(2)22-45(23-33(46)32(20-27-6-4-3-5-7-27)42-39(48)54-34-25-53-37-30(34)12-17-52-37)56(49,50)29-8-9-31-35(21-29)55-38(41-31)40-28-10-13-44(14-11-28)36(47)24-43-15-18-51-19-16-43/h3-9,21,26,28,30,32-34,37,46H,10-20,22-25H2,1-2H3,(H,40,41)(H,42,48)/t30-,32-,33+,34-,37+/m0/s1. The summed E-state index contributed by atoms with van der Waals surface area (Å²) in [5, 5.41) is 18.8. The molecule has 0 aliphatic carbocycles. The van der Waals surface area contributed by atoms with Crippen molar-refractivity contribution in [1.82, 2.24) is 24.4 Å². The number of morpholine rings is 1. The molecule has 5 atom stereocenters. The molecule has 306 valence electrons. The van der Waals surface area contributed by atoms with E-state index in [9.17, 15) is 23.1 Å². The Morgan fingerprint density at radius 3 is 2.54 bits per heavy atom. The molecule has 4 fully saturated rings. The molecule has 15 nitrogen and oxygen atoms in total. The predicted molar refractivity (Wildman–Crippen MR) is 211 cm³/mol. The molecular formula is C39H54N6O9S2. The molecule has 0 unspecified atom stereocenters. The lowest BCUT2D eigenvalue weighted by Crippen LogP contribution is -2.51. The van der Waals surface area contributed by atoms with Crippen molar-refractivity contribution in [2.24, 2.45) is 11.8 Å². The van der Waals surface area contributed by atoms with E-state index in [1.807, 2.05) is 49.1 Å². The number of amides is 2. The van der Waals surface area contributed by atoms with Gasteiger partial charge in [0.25, 0.3) is 0 Å². The number of nitrogens with one attached hydrogen (secondary N) is 2. The predicted octanol–water partition coefficient (Wildman–Crippen LogP) is 3.14. The van der Waals surface area contributed by atoms with E-state index < -0.39 is 34.4 Å². The number of piperidine rings is 1. The number of ether oxygens (including phenoxy) is 4. The molecular weight excluding hydrogens is 761 g/mol. The quantitative estimate of drug-likeness (QED) is 0.205. The number of likely N-dealkylation sites (tertiary alicyclic amines) is 1. The van der Waals surface area contributed by atoms with Gasteiger partial charge in [0.2, 0.25) is 15.9 Å². The smallest absolute Gasteiger partial charge is 0.407 e. The first-order valence-electron chi connectivity index (χ1n) is 19.7. The van der Waals surface area contributed by atoms with E-state index in [2.05, 4.69) is 15.5 Å². The molecule has 0 saturated carbocycles. The van der Waals surface area contributed by atoms with Crippen LogP contribution in [0.2, 0.25) is 0 Å². The molecule has 0 spiro atoms. The molecule has 17 heteroatoms. The number of rotatable bonds is 15. The Morgan fingerprint density at radius 1 is 1.02 bits per heavy atom. The van der Waals surface area contributed by atoms with Gasteiger partial charge in [0.05, 0.1) is 66.1 Å². The van der Waals surface area contributed by atoms with Crippen LogP contribution in [-0.2, 0) is 40.2 Å². The van der Waals surface area contributed by atoms with Crippen molar-refractivity contribution in [3.8, 4) is 0 Å². The number of hydrogen-bond donors (Lipinski definition) is 3. The van der Waals surface area contributed by atoms with Gasteiger partial charge in [-0.15, -0.1) is 0 Å². The number of alkyl carbamates (subject to hydrolysis) is 1. The number of carbonyl (C=O) groups excluding carboxylic acids is 2. The van der Waals surface area contributed by atoms with E-state index in [0.717, 1.165) is 37.9 Å². The highest BCUT2D eigenvalue weighted by atomic mass is 32.2. The Morgan fingerprint density at radius 2 is 1.79 bits per heavy atom. The minimum absolute atomic E-state index is 0.0459. The van der Waals surface area contributed by atoms with E-state index in [1.54, 1.807) is 18.2 Å². The topological polar surface area (TPSA) is 172 Å². The molecule has 0 radical (unpaired) electrons. The average molecular weight is 815 g/mol. The first-order valence-corrected chi connectivity index (χ1v) is 21.9. The number of benzene rings is 2. The summed E-state index contributed by atoms with van der Waals surface area (Å²) in [5.74, 6) is 0.0559. The van der Waals surface area contributed by atoms with Crippen molar-refractivity contribution in [3.05, 3.63) is 54.1 Å². The largest absolute Gasteiger partial charge is 0.443 e. The number of carbonyl (C=O) groups is 2. The maximum absolute atomic E-state index is 14.3. The maximum Gasteiger partial charge on any atom is 0.407 e. The maximum atomic E-state index is 14.3. The first-order chi connectivity index (χ1) is 27.0. The fourth-order valence-electron chi connectivity index (χ4n) is 7.81. The number of aromatic nitrogens is 1. The van der Waals surface area contributed by atoms with Crippen LogP contribution < -0.4 is 10.6 Å². The molecule has 0 bridgehead atoms. The fraction of sp³-hybridized carbons (Fsp3) is 0.615. The highest BCUT2D eigenvalue weighted by Gasteiger charge is 2.44. The van der Waals surface area contributed by atoms with Crippen LogP contribution in [0.5, 0.6) is 0 Å². The number of hydrogen-bond acceptors (Lipinski definition) is 13. The third-order valence-corrected chi connectivity index (χ3v) is 13.7. The summed E-state index contributed by atoms with van der Waals surface area (Å²) >= 11 is 1.39. The van der Waals surface area contributed by atoms with Crippen molar-refractivity contribution in [2.75, 3.05) is 77.6 Å². The average Bonchev–Trinajstić information content (AvgIpc) is 3.92. The number of fused-ring (bicyclic) bond motifs is 2. The van der Waals surface area contributed by atoms with Gasteiger partial charge < -0.3 is 39.6 Å². The minimum Gasteiger partial charge on any atom is -0.443 e.